The number of thiazole rings is 1. The van der Waals surface area contributed by atoms with E-state index >= 15 is 0 Å². The summed E-state index contributed by atoms with van der Waals surface area (Å²) in [6.07, 6.45) is 1.68. The molecule has 0 aliphatic heterocycles. The highest BCUT2D eigenvalue weighted by Gasteiger charge is 1.99. The van der Waals surface area contributed by atoms with E-state index in [0.29, 0.717) is 0 Å². The van der Waals surface area contributed by atoms with Crippen LogP contribution in [0.4, 0.5) is 0 Å². The van der Waals surface area contributed by atoms with Gasteiger partial charge in [0.05, 0.1) is 10.2 Å². The number of aryl methyl sites for hydroxylation is 1. The van der Waals surface area contributed by atoms with Crippen molar-refractivity contribution in [2.45, 2.75) is 20.8 Å². The van der Waals surface area contributed by atoms with Crippen LogP contribution in [0.5, 0.6) is 0 Å². The predicted octanol–water partition coefficient (Wildman–Crippen LogP) is 3.17. The number of hydrogen-bond acceptors (Lipinski definition) is 3. The number of rotatable bonds is 1. The summed E-state index contributed by atoms with van der Waals surface area (Å²) < 4.78 is 3.28. The number of para-hydroxylation sites is 1. The molecule has 0 aliphatic rings. The van der Waals surface area contributed by atoms with Gasteiger partial charge in [0, 0.05) is 13.3 Å². The lowest BCUT2D eigenvalue weighted by atomic mass is 10.3. The highest BCUT2D eigenvalue weighted by Crippen LogP contribution is 2.14. The molecule has 0 fully saturated rings. The molecule has 0 aliphatic carbocycles. The Balaban J connectivity index is 0.000000606. The van der Waals surface area contributed by atoms with Crippen molar-refractivity contribution in [3.63, 3.8) is 0 Å². The Morgan fingerprint density at radius 3 is 2.56 bits per heavy atom. The van der Waals surface area contributed by atoms with Gasteiger partial charge in [-0.1, -0.05) is 37.3 Å². The summed E-state index contributed by atoms with van der Waals surface area (Å²) in [6.45, 7) is 5.86. The van der Waals surface area contributed by atoms with Crippen molar-refractivity contribution in [2.75, 3.05) is 0 Å². The van der Waals surface area contributed by atoms with Crippen molar-refractivity contribution in [3.8, 4) is 0 Å². The van der Waals surface area contributed by atoms with Gasteiger partial charge in [0.15, 0.2) is 0 Å². The second kappa shape index (κ2) is 6.23. The molecule has 0 saturated heterocycles. The Hall–Kier alpha value is -1.42. The van der Waals surface area contributed by atoms with Gasteiger partial charge in [-0.15, -0.1) is 5.10 Å². The van der Waals surface area contributed by atoms with Gasteiger partial charge >= 0.3 is 0 Å². The Bertz CT molecular complexity index is 534. The fourth-order valence-corrected chi connectivity index (χ4v) is 2.26. The van der Waals surface area contributed by atoms with Crippen molar-refractivity contribution in [1.82, 2.24) is 4.57 Å². The first-order valence-corrected chi connectivity index (χ1v) is 6.21. The van der Waals surface area contributed by atoms with Crippen molar-refractivity contribution < 1.29 is 0 Å². The number of fused-ring (bicyclic) bond motifs is 1. The molecule has 0 N–H and O–H groups in total. The molecule has 1 heterocycles. The molecule has 0 amide bonds. The van der Waals surface area contributed by atoms with E-state index in [1.54, 1.807) is 17.6 Å². The summed E-state index contributed by atoms with van der Waals surface area (Å²) in [4.78, 5) is 0.921. The molecule has 1 aromatic carbocycles. The van der Waals surface area contributed by atoms with Gasteiger partial charge in [-0.3, -0.25) is 0 Å². The molecular formula is C12H17N3S. The van der Waals surface area contributed by atoms with Crippen LogP contribution in [-0.4, -0.2) is 10.8 Å². The number of benzene rings is 1. The van der Waals surface area contributed by atoms with Crippen LogP contribution < -0.4 is 4.80 Å². The van der Waals surface area contributed by atoms with Crippen LogP contribution in [0.25, 0.3) is 10.2 Å². The minimum atomic E-state index is 0.921. The average molecular weight is 235 g/mol. The van der Waals surface area contributed by atoms with Crippen LogP contribution in [0.15, 0.2) is 34.5 Å². The SMILES string of the molecule is C/C=N/N=c1\sc2ccccc2n1C.CC. The van der Waals surface area contributed by atoms with Crippen molar-refractivity contribution in [3.05, 3.63) is 29.1 Å². The van der Waals surface area contributed by atoms with Gasteiger partial charge in [-0.05, 0) is 19.1 Å². The lowest BCUT2D eigenvalue weighted by Crippen LogP contribution is -2.08. The Kier molecular flexibility index (Phi) is 4.92. The molecule has 3 nitrogen and oxygen atoms in total. The van der Waals surface area contributed by atoms with E-state index in [4.69, 9.17) is 0 Å². The molecule has 2 rings (SSSR count). The molecule has 16 heavy (non-hydrogen) atoms. The second-order valence-corrected chi connectivity index (χ2v) is 3.89. The van der Waals surface area contributed by atoms with Gasteiger partial charge in [0.2, 0.25) is 4.80 Å². The first-order chi connectivity index (χ1) is 7.83. The van der Waals surface area contributed by atoms with Gasteiger partial charge in [0.1, 0.15) is 0 Å². The lowest BCUT2D eigenvalue weighted by molar-refractivity contribution is 0.889. The highest BCUT2D eigenvalue weighted by atomic mass is 32.1. The van der Waals surface area contributed by atoms with E-state index in [2.05, 4.69) is 22.3 Å². The molecule has 2 aromatic rings. The van der Waals surface area contributed by atoms with Crippen LogP contribution in [-0.2, 0) is 7.05 Å². The van der Waals surface area contributed by atoms with Gasteiger partial charge in [-0.2, -0.15) is 5.10 Å². The van der Waals surface area contributed by atoms with Crippen LogP contribution in [0.1, 0.15) is 20.8 Å². The Morgan fingerprint density at radius 2 is 1.94 bits per heavy atom. The van der Waals surface area contributed by atoms with E-state index in [-0.39, 0.29) is 0 Å². The van der Waals surface area contributed by atoms with Crippen molar-refractivity contribution >= 4 is 27.8 Å². The molecule has 0 saturated carbocycles. The standard InChI is InChI=1S/C10H11N3S.C2H6/c1-3-11-12-10-13(2)8-6-4-5-7-9(8)14-10;1-2/h3-7H,1-2H3;1-2H3/b11-3+,12-10-;. The summed E-state index contributed by atoms with van der Waals surface area (Å²) >= 11 is 1.65. The second-order valence-electron chi connectivity index (χ2n) is 2.89. The van der Waals surface area contributed by atoms with Crippen LogP contribution >= 0.6 is 11.3 Å². The minimum Gasteiger partial charge on any atom is -0.318 e. The van der Waals surface area contributed by atoms with E-state index in [9.17, 15) is 0 Å². The monoisotopic (exact) mass is 235 g/mol. The first-order valence-electron chi connectivity index (χ1n) is 5.39. The molecule has 4 heteroatoms. The van der Waals surface area contributed by atoms with E-state index in [0.717, 1.165) is 4.80 Å². The topological polar surface area (TPSA) is 29.6 Å². The lowest BCUT2D eigenvalue weighted by Gasteiger charge is -1.91. The third-order valence-electron chi connectivity index (χ3n) is 1.97. The summed E-state index contributed by atoms with van der Waals surface area (Å²) in [7, 11) is 2.00. The molecule has 86 valence electrons. The van der Waals surface area contributed by atoms with E-state index < -0.39 is 0 Å². The summed E-state index contributed by atoms with van der Waals surface area (Å²) in [6, 6.07) is 8.24. The Morgan fingerprint density at radius 1 is 1.25 bits per heavy atom. The maximum atomic E-state index is 4.11. The van der Waals surface area contributed by atoms with Crippen LogP contribution in [0.2, 0.25) is 0 Å². The smallest absolute Gasteiger partial charge is 0.211 e. The third kappa shape index (κ3) is 2.58. The minimum absolute atomic E-state index is 0.921. The maximum absolute atomic E-state index is 4.11. The number of nitrogens with zero attached hydrogens (tertiary/aromatic N) is 3. The van der Waals surface area contributed by atoms with Crippen LogP contribution in [0.3, 0.4) is 0 Å². The Labute approximate surface area is 99.8 Å². The molecule has 0 spiro atoms. The molecule has 0 radical (unpaired) electrons. The first kappa shape index (κ1) is 12.6. The molecule has 1 aromatic heterocycles. The van der Waals surface area contributed by atoms with E-state index in [1.807, 2.05) is 44.5 Å². The molecule has 0 bridgehead atoms. The summed E-state index contributed by atoms with van der Waals surface area (Å²) in [5, 5.41) is 8.00. The zero-order chi connectivity index (χ0) is 12.0. The van der Waals surface area contributed by atoms with Gasteiger partial charge < -0.3 is 4.57 Å². The van der Waals surface area contributed by atoms with Crippen molar-refractivity contribution in [1.29, 1.82) is 0 Å². The normalized spacial score (nSPS) is 11.9. The molecular weight excluding hydrogens is 218 g/mol. The number of hydrogen-bond donors (Lipinski definition) is 0. The molecule has 0 atom stereocenters. The van der Waals surface area contributed by atoms with Crippen LogP contribution in [0, 0.1) is 0 Å². The fourth-order valence-electron chi connectivity index (χ4n) is 1.29. The molecule has 0 unspecified atom stereocenters. The van der Waals surface area contributed by atoms with E-state index in [1.165, 1.54) is 10.2 Å². The maximum Gasteiger partial charge on any atom is 0.211 e. The quantitative estimate of drug-likeness (QED) is 0.537. The fraction of sp³-hybridized carbons (Fsp3) is 0.333. The van der Waals surface area contributed by atoms with Crippen molar-refractivity contribution in [2.24, 2.45) is 17.3 Å². The average Bonchev–Trinajstić information content (AvgIpc) is 2.67. The van der Waals surface area contributed by atoms with Gasteiger partial charge in [0.25, 0.3) is 0 Å². The zero-order valence-corrected chi connectivity index (χ0v) is 11.0. The highest BCUT2D eigenvalue weighted by molar-refractivity contribution is 7.16. The zero-order valence-electron chi connectivity index (χ0n) is 10.1. The summed E-state index contributed by atoms with van der Waals surface area (Å²) in [5.41, 5.74) is 1.20. The predicted molar refractivity (Wildman–Crippen MR) is 71.9 cm³/mol. The summed E-state index contributed by atoms with van der Waals surface area (Å²) in [5.74, 6) is 0. The van der Waals surface area contributed by atoms with Gasteiger partial charge in [-0.25, -0.2) is 0 Å². The largest absolute Gasteiger partial charge is 0.318 e. The number of aromatic nitrogens is 1. The third-order valence-corrected chi connectivity index (χ3v) is 3.08.